The van der Waals surface area contributed by atoms with Crippen LogP contribution < -0.4 is 14.8 Å². The van der Waals surface area contributed by atoms with Gasteiger partial charge in [0.1, 0.15) is 17.5 Å². The minimum Gasteiger partial charge on any atom is -0.497 e. The Kier molecular flexibility index (Phi) is 5.04. The molecule has 6 heteroatoms. The number of nitrogens with one attached hydrogen (secondary N) is 1. The van der Waals surface area contributed by atoms with Crippen molar-refractivity contribution < 1.29 is 19.1 Å². The zero-order valence-electron chi connectivity index (χ0n) is 12.8. The molecule has 1 aromatic carbocycles. The van der Waals surface area contributed by atoms with Crippen molar-refractivity contribution in [3.63, 3.8) is 0 Å². The van der Waals surface area contributed by atoms with Crippen LogP contribution in [0.5, 0.6) is 11.5 Å². The SMILES string of the molecule is C=CC(=O)NC1CCN(Cc2ccc(OC)cc2OC)C1=O. The second-order valence-electron chi connectivity index (χ2n) is 4.99. The lowest BCUT2D eigenvalue weighted by Gasteiger charge is -2.19. The van der Waals surface area contributed by atoms with Crippen LogP contribution in [0, 0.1) is 0 Å². The maximum absolute atomic E-state index is 12.3. The van der Waals surface area contributed by atoms with Gasteiger partial charge in [-0.15, -0.1) is 0 Å². The normalized spacial score (nSPS) is 17.3. The lowest BCUT2D eigenvalue weighted by molar-refractivity contribution is -0.132. The van der Waals surface area contributed by atoms with E-state index >= 15 is 0 Å². The standard InChI is InChI=1S/C16H20N2O4/c1-4-15(19)17-13-7-8-18(16(13)20)10-11-5-6-12(21-2)9-14(11)22-3/h4-6,9,13H,1,7-8,10H2,2-3H3,(H,17,19). The largest absolute Gasteiger partial charge is 0.497 e. The highest BCUT2D eigenvalue weighted by Crippen LogP contribution is 2.27. The van der Waals surface area contributed by atoms with Gasteiger partial charge < -0.3 is 19.7 Å². The molecule has 118 valence electrons. The molecule has 1 N–H and O–H groups in total. The number of methoxy groups -OCH3 is 2. The number of ether oxygens (including phenoxy) is 2. The van der Waals surface area contributed by atoms with Gasteiger partial charge in [-0.1, -0.05) is 6.58 Å². The second-order valence-corrected chi connectivity index (χ2v) is 4.99. The van der Waals surface area contributed by atoms with E-state index in [4.69, 9.17) is 9.47 Å². The van der Waals surface area contributed by atoms with E-state index in [-0.39, 0.29) is 11.8 Å². The molecule has 1 unspecified atom stereocenters. The van der Waals surface area contributed by atoms with Gasteiger partial charge in [-0.2, -0.15) is 0 Å². The van der Waals surface area contributed by atoms with Gasteiger partial charge >= 0.3 is 0 Å². The molecular weight excluding hydrogens is 284 g/mol. The molecule has 2 rings (SSSR count). The van der Waals surface area contributed by atoms with Gasteiger partial charge in [0, 0.05) is 24.7 Å². The number of likely N-dealkylation sites (tertiary alicyclic amines) is 1. The van der Waals surface area contributed by atoms with Crippen LogP contribution in [0.4, 0.5) is 0 Å². The van der Waals surface area contributed by atoms with Gasteiger partial charge in [0.15, 0.2) is 0 Å². The lowest BCUT2D eigenvalue weighted by atomic mass is 10.1. The Balaban J connectivity index is 2.07. The summed E-state index contributed by atoms with van der Waals surface area (Å²) in [6.45, 7) is 4.42. The monoisotopic (exact) mass is 304 g/mol. The summed E-state index contributed by atoms with van der Waals surface area (Å²) in [5.74, 6) is 0.950. The molecule has 1 heterocycles. The molecule has 6 nitrogen and oxygen atoms in total. The van der Waals surface area contributed by atoms with Crippen molar-refractivity contribution in [1.82, 2.24) is 10.2 Å². The zero-order valence-corrected chi connectivity index (χ0v) is 12.8. The van der Waals surface area contributed by atoms with E-state index in [0.717, 1.165) is 5.56 Å². The van der Waals surface area contributed by atoms with Crippen molar-refractivity contribution in [3.05, 3.63) is 36.4 Å². The van der Waals surface area contributed by atoms with Crippen molar-refractivity contribution >= 4 is 11.8 Å². The third kappa shape index (κ3) is 3.39. The van der Waals surface area contributed by atoms with Crippen molar-refractivity contribution in [2.45, 2.75) is 19.0 Å². The fourth-order valence-electron chi connectivity index (χ4n) is 2.45. The van der Waals surface area contributed by atoms with Gasteiger partial charge in [0.2, 0.25) is 11.8 Å². The fourth-order valence-corrected chi connectivity index (χ4v) is 2.45. The molecule has 0 saturated carbocycles. The van der Waals surface area contributed by atoms with Gasteiger partial charge in [0.05, 0.1) is 14.2 Å². The van der Waals surface area contributed by atoms with Gasteiger partial charge in [-0.3, -0.25) is 9.59 Å². The van der Waals surface area contributed by atoms with E-state index in [1.807, 2.05) is 12.1 Å². The number of benzene rings is 1. The molecule has 1 fully saturated rings. The minimum atomic E-state index is -0.477. The van der Waals surface area contributed by atoms with Crippen LogP contribution in [0.15, 0.2) is 30.9 Å². The maximum atomic E-state index is 12.3. The third-order valence-electron chi connectivity index (χ3n) is 3.65. The number of amides is 2. The third-order valence-corrected chi connectivity index (χ3v) is 3.65. The van der Waals surface area contributed by atoms with Crippen LogP contribution in [-0.2, 0) is 16.1 Å². The number of carbonyl (C=O) groups excluding carboxylic acids is 2. The van der Waals surface area contributed by atoms with Crippen molar-refractivity contribution in [3.8, 4) is 11.5 Å². The van der Waals surface area contributed by atoms with Gasteiger partial charge in [0.25, 0.3) is 0 Å². The summed E-state index contributed by atoms with van der Waals surface area (Å²) >= 11 is 0. The van der Waals surface area contributed by atoms with Crippen LogP contribution in [0.2, 0.25) is 0 Å². The number of carbonyl (C=O) groups is 2. The van der Waals surface area contributed by atoms with Crippen molar-refractivity contribution in [1.29, 1.82) is 0 Å². The molecule has 0 aromatic heterocycles. The van der Waals surface area contributed by atoms with Gasteiger partial charge in [-0.05, 0) is 24.6 Å². The fraction of sp³-hybridized carbons (Fsp3) is 0.375. The van der Waals surface area contributed by atoms with Crippen LogP contribution in [0.25, 0.3) is 0 Å². The molecular formula is C16H20N2O4. The van der Waals surface area contributed by atoms with Crippen LogP contribution >= 0.6 is 0 Å². The Hall–Kier alpha value is -2.50. The van der Waals surface area contributed by atoms with E-state index in [1.165, 1.54) is 6.08 Å². The Morgan fingerprint density at radius 3 is 2.86 bits per heavy atom. The summed E-state index contributed by atoms with van der Waals surface area (Å²) in [6.07, 6.45) is 1.76. The summed E-state index contributed by atoms with van der Waals surface area (Å²) in [6, 6.07) is 5.01. The number of nitrogens with zero attached hydrogens (tertiary/aromatic N) is 1. The molecule has 22 heavy (non-hydrogen) atoms. The highest BCUT2D eigenvalue weighted by atomic mass is 16.5. The molecule has 0 radical (unpaired) electrons. The smallest absolute Gasteiger partial charge is 0.245 e. The van der Waals surface area contributed by atoms with Crippen molar-refractivity contribution in [2.75, 3.05) is 20.8 Å². The second kappa shape index (κ2) is 6.98. The topological polar surface area (TPSA) is 67.9 Å². The van der Waals surface area contributed by atoms with E-state index in [2.05, 4.69) is 11.9 Å². The molecule has 1 aliphatic rings. The Morgan fingerprint density at radius 1 is 1.45 bits per heavy atom. The Morgan fingerprint density at radius 2 is 2.23 bits per heavy atom. The lowest BCUT2D eigenvalue weighted by Crippen LogP contribution is -2.40. The molecule has 1 saturated heterocycles. The first kappa shape index (κ1) is 15.9. The van der Waals surface area contributed by atoms with E-state index in [0.29, 0.717) is 31.0 Å². The molecule has 2 amide bonds. The zero-order chi connectivity index (χ0) is 16.1. The van der Waals surface area contributed by atoms with Crippen LogP contribution in [0.3, 0.4) is 0 Å². The Labute approximate surface area is 129 Å². The molecule has 1 aliphatic heterocycles. The first-order valence-electron chi connectivity index (χ1n) is 7.01. The predicted molar refractivity (Wildman–Crippen MR) is 81.7 cm³/mol. The quantitative estimate of drug-likeness (QED) is 0.799. The molecule has 1 atom stereocenters. The predicted octanol–water partition coefficient (Wildman–Crippen LogP) is 1.11. The molecule has 0 aliphatic carbocycles. The molecule has 1 aromatic rings. The first-order chi connectivity index (χ1) is 10.6. The van der Waals surface area contributed by atoms with Crippen LogP contribution in [-0.4, -0.2) is 43.5 Å². The average molecular weight is 304 g/mol. The highest BCUT2D eigenvalue weighted by molar-refractivity contribution is 5.93. The summed E-state index contributed by atoms with van der Waals surface area (Å²) in [4.78, 5) is 25.3. The summed E-state index contributed by atoms with van der Waals surface area (Å²) in [5.41, 5.74) is 0.896. The Bertz CT molecular complexity index is 586. The number of rotatable bonds is 6. The van der Waals surface area contributed by atoms with Gasteiger partial charge in [-0.25, -0.2) is 0 Å². The number of hydrogen-bond acceptors (Lipinski definition) is 4. The van der Waals surface area contributed by atoms with E-state index in [9.17, 15) is 9.59 Å². The average Bonchev–Trinajstić information content (AvgIpc) is 2.88. The summed E-state index contributed by atoms with van der Waals surface area (Å²) < 4.78 is 10.5. The first-order valence-corrected chi connectivity index (χ1v) is 7.01. The highest BCUT2D eigenvalue weighted by Gasteiger charge is 2.32. The molecule has 0 spiro atoms. The summed E-state index contributed by atoms with van der Waals surface area (Å²) in [5, 5.41) is 2.64. The maximum Gasteiger partial charge on any atom is 0.245 e. The van der Waals surface area contributed by atoms with Crippen LogP contribution in [0.1, 0.15) is 12.0 Å². The minimum absolute atomic E-state index is 0.0897. The summed E-state index contributed by atoms with van der Waals surface area (Å²) in [7, 11) is 3.17. The van der Waals surface area contributed by atoms with E-state index in [1.54, 1.807) is 25.2 Å². The number of hydrogen-bond donors (Lipinski definition) is 1. The van der Waals surface area contributed by atoms with E-state index < -0.39 is 6.04 Å². The van der Waals surface area contributed by atoms with Crippen molar-refractivity contribution in [2.24, 2.45) is 0 Å². The molecule has 0 bridgehead atoms.